The number of amides is 1. The average Bonchev–Trinajstić information content (AvgIpc) is 3.10. The molecule has 0 spiro atoms. The van der Waals surface area contributed by atoms with Gasteiger partial charge in [-0.05, 0) is 36.9 Å². The van der Waals surface area contributed by atoms with E-state index in [2.05, 4.69) is 10.3 Å². The maximum absolute atomic E-state index is 12.3. The van der Waals surface area contributed by atoms with E-state index in [0.29, 0.717) is 17.2 Å². The first-order valence-electron chi connectivity index (χ1n) is 7.61. The second-order valence-electron chi connectivity index (χ2n) is 5.41. The number of nitrogens with one attached hydrogen (secondary N) is 1. The monoisotopic (exact) mass is 367 g/mol. The molecule has 0 radical (unpaired) electrons. The van der Waals surface area contributed by atoms with Gasteiger partial charge < -0.3 is 5.32 Å². The summed E-state index contributed by atoms with van der Waals surface area (Å²) in [5, 5.41) is 4.60. The van der Waals surface area contributed by atoms with Crippen molar-refractivity contribution in [2.45, 2.75) is 30.0 Å². The third-order valence-corrected chi connectivity index (χ3v) is 6.78. The van der Waals surface area contributed by atoms with Crippen molar-refractivity contribution < 1.29 is 13.2 Å². The minimum atomic E-state index is -3.45. The Morgan fingerprint density at radius 1 is 1.33 bits per heavy atom. The van der Waals surface area contributed by atoms with Crippen molar-refractivity contribution in [2.75, 3.05) is 13.6 Å². The van der Waals surface area contributed by atoms with Crippen LogP contribution in [0.3, 0.4) is 0 Å². The summed E-state index contributed by atoms with van der Waals surface area (Å²) in [6.07, 6.45) is 2.41. The van der Waals surface area contributed by atoms with Gasteiger partial charge >= 0.3 is 0 Å². The predicted molar refractivity (Wildman–Crippen MR) is 94.2 cm³/mol. The molecule has 0 aromatic carbocycles. The van der Waals surface area contributed by atoms with Crippen LogP contribution < -0.4 is 5.32 Å². The first kappa shape index (κ1) is 18.6. The van der Waals surface area contributed by atoms with Crippen LogP contribution in [0, 0.1) is 0 Å². The number of rotatable bonds is 8. The summed E-state index contributed by atoms with van der Waals surface area (Å²) < 4.78 is 26.1. The Balaban J connectivity index is 1.78. The standard InChI is InChI=1S/C16H21N3O3S2/c1-13(14-7-3-4-10-17-14)18-15(20)8-5-11-19(2)24(21,22)16-9-6-12-23-16/h3-4,6-7,9-10,12-13H,5,8,11H2,1-2H3,(H,18,20). The molecule has 2 aromatic heterocycles. The number of thiophene rings is 1. The zero-order chi connectivity index (χ0) is 17.6. The molecule has 8 heteroatoms. The van der Waals surface area contributed by atoms with Crippen LogP contribution in [0.4, 0.5) is 0 Å². The van der Waals surface area contributed by atoms with Crippen molar-refractivity contribution in [3.63, 3.8) is 0 Å². The molecule has 2 heterocycles. The predicted octanol–water partition coefficient (Wildman–Crippen LogP) is 2.42. The summed E-state index contributed by atoms with van der Waals surface area (Å²) >= 11 is 1.19. The quantitative estimate of drug-likeness (QED) is 0.777. The fourth-order valence-electron chi connectivity index (χ4n) is 2.17. The van der Waals surface area contributed by atoms with E-state index in [1.54, 1.807) is 23.7 Å². The second kappa shape index (κ2) is 8.36. The Morgan fingerprint density at radius 2 is 2.12 bits per heavy atom. The highest BCUT2D eigenvalue weighted by Gasteiger charge is 2.21. The van der Waals surface area contributed by atoms with Crippen molar-refractivity contribution in [1.29, 1.82) is 0 Å². The third kappa shape index (κ3) is 4.86. The summed E-state index contributed by atoms with van der Waals surface area (Å²) in [6, 6.07) is 8.66. The van der Waals surface area contributed by atoms with E-state index in [4.69, 9.17) is 0 Å². The number of carbonyl (C=O) groups is 1. The van der Waals surface area contributed by atoms with Crippen molar-refractivity contribution in [3.05, 3.63) is 47.6 Å². The van der Waals surface area contributed by atoms with Crippen LogP contribution in [-0.2, 0) is 14.8 Å². The maximum Gasteiger partial charge on any atom is 0.252 e. The highest BCUT2D eigenvalue weighted by molar-refractivity contribution is 7.91. The summed E-state index contributed by atoms with van der Waals surface area (Å²) in [5.74, 6) is -0.116. The van der Waals surface area contributed by atoms with Gasteiger partial charge in [-0.2, -0.15) is 0 Å². The molecule has 130 valence electrons. The number of sulfonamides is 1. The van der Waals surface area contributed by atoms with Crippen molar-refractivity contribution >= 4 is 27.3 Å². The third-order valence-electron chi connectivity index (χ3n) is 3.55. The van der Waals surface area contributed by atoms with Crippen molar-refractivity contribution in [1.82, 2.24) is 14.6 Å². The van der Waals surface area contributed by atoms with Gasteiger partial charge in [0.15, 0.2) is 0 Å². The lowest BCUT2D eigenvalue weighted by Gasteiger charge is -2.16. The van der Waals surface area contributed by atoms with E-state index >= 15 is 0 Å². The number of hydrogen-bond acceptors (Lipinski definition) is 5. The van der Waals surface area contributed by atoms with E-state index < -0.39 is 10.0 Å². The van der Waals surface area contributed by atoms with E-state index in [0.717, 1.165) is 5.69 Å². The molecule has 0 fully saturated rings. The minimum Gasteiger partial charge on any atom is -0.348 e. The van der Waals surface area contributed by atoms with Gasteiger partial charge in [0.05, 0.1) is 11.7 Å². The molecule has 1 amide bonds. The fourth-order valence-corrected chi connectivity index (χ4v) is 4.58. The number of carbonyl (C=O) groups excluding carboxylic acids is 1. The van der Waals surface area contributed by atoms with Crippen LogP contribution in [0.15, 0.2) is 46.1 Å². The Kier molecular flexibility index (Phi) is 6.47. The Hall–Kier alpha value is -1.77. The summed E-state index contributed by atoms with van der Waals surface area (Å²) in [6.45, 7) is 2.17. The lowest BCUT2D eigenvalue weighted by Crippen LogP contribution is -2.30. The minimum absolute atomic E-state index is 0.116. The van der Waals surface area contributed by atoms with Gasteiger partial charge in [-0.3, -0.25) is 9.78 Å². The molecule has 0 saturated carbocycles. The lowest BCUT2D eigenvalue weighted by molar-refractivity contribution is -0.121. The zero-order valence-corrected chi connectivity index (χ0v) is 15.3. The summed E-state index contributed by atoms with van der Waals surface area (Å²) in [7, 11) is -1.92. The van der Waals surface area contributed by atoms with E-state index in [-0.39, 0.29) is 18.4 Å². The van der Waals surface area contributed by atoms with E-state index in [1.807, 2.05) is 25.1 Å². The smallest absolute Gasteiger partial charge is 0.252 e. The maximum atomic E-state index is 12.3. The highest BCUT2D eigenvalue weighted by Crippen LogP contribution is 2.20. The summed E-state index contributed by atoms with van der Waals surface area (Å²) in [5.41, 5.74) is 0.795. The highest BCUT2D eigenvalue weighted by atomic mass is 32.2. The molecule has 0 aliphatic heterocycles. The van der Waals surface area contributed by atoms with Gasteiger partial charge in [-0.15, -0.1) is 11.3 Å². The normalized spacial score (nSPS) is 13.0. The SMILES string of the molecule is CC(NC(=O)CCCN(C)S(=O)(=O)c1cccs1)c1ccccn1. The van der Waals surface area contributed by atoms with Gasteiger partial charge in [0.2, 0.25) is 5.91 Å². The largest absolute Gasteiger partial charge is 0.348 e. The number of nitrogens with zero attached hydrogens (tertiary/aromatic N) is 2. The Labute approximate surface area is 146 Å². The zero-order valence-electron chi connectivity index (χ0n) is 13.7. The molecule has 1 unspecified atom stereocenters. The molecule has 1 atom stereocenters. The molecular weight excluding hydrogens is 346 g/mol. The molecule has 2 aromatic rings. The topological polar surface area (TPSA) is 79.4 Å². The van der Waals surface area contributed by atoms with Crippen LogP contribution in [0.1, 0.15) is 31.5 Å². The van der Waals surface area contributed by atoms with E-state index in [9.17, 15) is 13.2 Å². The molecule has 0 aliphatic rings. The van der Waals surface area contributed by atoms with E-state index in [1.165, 1.54) is 22.7 Å². The van der Waals surface area contributed by atoms with Gasteiger partial charge in [0, 0.05) is 26.2 Å². The van der Waals surface area contributed by atoms with Gasteiger partial charge in [-0.1, -0.05) is 12.1 Å². The number of aromatic nitrogens is 1. The molecular formula is C16H21N3O3S2. The first-order valence-corrected chi connectivity index (χ1v) is 9.93. The molecule has 0 saturated heterocycles. The van der Waals surface area contributed by atoms with Crippen LogP contribution >= 0.6 is 11.3 Å². The number of pyridine rings is 1. The Morgan fingerprint density at radius 3 is 2.75 bits per heavy atom. The van der Waals surface area contributed by atoms with Gasteiger partial charge in [-0.25, -0.2) is 12.7 Å². The molecule has 0 aliphatic carbocycles. The second-order valence-corrected chi connectivity index (χ2v) is 8.63. The Bertz CT molecular complexity index is 746. The molecule has 2 rings (SSSR count). The lowest BCUT2D eigenvalue weighted by atomic mass is 10.2. The number of hydrogen-bond donors (Lipinski definition) is 1. The van der Waals surface area contributed by atoms with Gasteiger partial charge in [0.25, 0.3) is 10.0 Å². The molecule has 1 N–H and O–H groups in total. The fraction of sp³-hybridized carbons (Fsp3) is 0.375. The van der Waals surface area contributed by atoms with Crippen molar-refractivity contribution in [2.24, 2.45) is 0 Å². The van der Waals surface area contributed by atoms with Crippen LogP contribution in [-0.4, -0.2) is 37.2 Å². The van der Waals surface area contributed by atoms with Crippen LogP contribution in [0.5, 0.6) is 0 Å². The van der Waals surface area contributed by atoms with Crippen molar-refractivity contribution in [3.8, 4) is 0 Å². The average molecular weight is 367 g/mol. The summed E-state index contributed by atoms with van der Waals surface area (Å²) in [4.78, 5) is 16.2. The van der Waals surface area contributed by atoms with Crippen LogP contribution in [0.25, 0.3) is 0 Å². The van der Waals surface area contributed by atoms with Gasteiger partial charge in [0.1, 0.15) is 4.21 Å². The van der Waals surface area contributed by atoms with Crippen LogP contribution in [0.2, 0.25) is 0 Å². The molecule has 6 nitrogen and oxygen atoms in total. The molecule has 0 bridgehead atoms. The molecule has 24 heavy (non-hydrogen) atoms. The first-order chi connectivity index (χ1) is 11.4.